The molecule has 1 N–H and O–H groups in total. The van der Waals surface area contributed by atoms with Crippen molar-refractivity contribution in [3.05, 3.63) is 70.8 Å². The molecule has 0 fully saturated rings. The highest BCUT2D eigenvalue weighted by molar-refractivity contribution is 6.14. The van der Waals surface area contributed by atoms with Gasteiger partial charge in [-0.1, -0.05) is 24.3 Å². The van der Waals surface area contributed by atoms with Crippen molar-refractivity contribution in [2.24, 2.45) is 0 Å². The topological polar surface area (TPSA) is 83.9 Å². The van der Waals surface area contributed by atoms with E-state index in [-0.39, 0.29) is 23.8 Å². The number of carbonyl (C=O) groups excluding carboxylic acids is 3. The van der Waals surface area contributed by atoms with E-state index in [1.54, 1.807) is 39.0 Å². The number of benzene rings is 2. The van der Waals surface area contributed by atoms with Crippen molar-refractivity contribution in [3.63, 3.8) is 0 Å². The van der Waals surface area contributed by atoms with Gasteiger partial charge < -0.3 is 9.84 Å². The number of phenolic OH excluding ortho intramolecular Hbond substituents is 1. The molecule has 3 rings (SSSR count). The van der Waals surface area contributed by atoms with E-state index in [9.17, 15) is 19.5 Å². The van der Waals surface area contributed by atoms with Crippen molar-refractivity contribution in [3.8, 4) is 5.75 Å². The Labute approximate surface area is 163 Å². The minimum absolute atomic E-state index is 0.109. The Morgan fingerprint density at radius 1 is 1.14 bits per heavy atom. The zero-order valence-corrected chi connectivity index (χ0v) is 15.9. The summed E-state index contributed by atoms with van der Waals surface area (Å²) in [5.41, 5.74) is 1.15. The number of aromatic hydroxyl groups is 1. The van der Waals surface area contributed by atoms with Crippen LogP contribution in [0.4, 0.5) is 0 Å². The average molecular weight is 379 g/mol. The third kappa shape index (κ3) is 4.11. The summed E-state index contributed by atoms with van der Waals surface area (Å²) < 4.78 is 5.22. The van der Waals surface area contributed by atoms with Gasteiger partial charge in [-0.3, -0.25) is 14.5 Å². The molecule has 0 radical (unpaired) electrons. The van der Waals surface area contributed by atoms with Crippen LogP contribution in [-0.4, -0.2) is 33.4 Å². The highest BCUT2D eigenvalue weighted by Gasteiger charge is 2.33. The first-order chi connectivity index (χ1) is 13.2. The molecule has 1 aliphatic heterocycles. The maximum atomic E-state index is 13.0. The second-order valence-corrected chi connectivity index (χ2v) is 7.49. The summed E-state index contributed by atoms with van der Waals surface area (Å²) in [7, 11) is 0. The Hall–Kier alpha value is -3.41. The predicted molar refractivity (Wildman–Crippen MR) is 104 cm³/mol. The van der Waals surface area contributed by atoms with Crippen LogP contribution in [0.15, 0.2) is 48.5 Å². The summed E-state index contributed by atoms with van der Waals surface area (Å²) in [4.78, 5) is 38.7. The van der Waals surface area contributed by atoms with E-state index in [1.165, 1.54) is 30.4 Å². The van der Waals surface area contributed by atoms with Crippen LogP contribution in [0.2, 0.25) is 0 Å². The smallest absolute Gasteiger partial charge is 0.331 e. The SMILES string of the molecule is CC(C)(C)OC(=O)C=Cc1ccc(O)cc1C(=O)N1Cc2ccccc2C1=O. The number of rotatable bonds is 3. The van der Waals surface area contributed by atoms with Crippen LogP contribution in [0.3, 0.4) is 0 Å². The lowest BCUT2D eigenvalue weighted by atomic mass is 10.0. The molecule has 2 aromatic rings. The molecule has 144 valence electrons. The lowest BCUT2D eigenvalue weighted by Crippen LogP contribution is -2.31. The number of hydrogen-bond acceptors (Lipinski definition) is 5. The summed E-state index contributed by atoms with van der Waals surface area (Å²) in [6.45, 7) is 5.43. The first-order valence-electron chi connectivity index (χ1n) is 8.84. The number of esters is 1. The van der Waals surface area contributed by atoms with Crippen molar-refractivity contribution < 1.29 is 24.2 Å². The van der Waals surface area contributed by atoms with Crippen LogP contribution >= 0.6 is 0 Å². The van der Waals surface area contributed by atoms with E-state index in [1.807, 2.05) is 6.07 Å². The molecule has 0 saturated carbocycles. The molecular weight excluding hydrogens is 358 g/mol. The van der Waals surface area contributed by atoms with Crippen LogP contribution in [0, 0.1) is 0 Å². The Morgan fingerprint density at radius 2 is 1.86 bits per heavy atom. The molecule has 2 amide bonds. The molecule has 0 bridgehead atoms. The maximum absolute atomic E-state index is 13.0. The molecule has 0 unspecified atom stereocenters. The largest absolute Gasteiger partial charge is 0.508 e. The number of nitrogens with zero attached hydrogens (tertiary/aromatic N) is 1. The number of hydrogen-bond donors (Lipinski definition) is 1. The predicted octanol–water partition coefficient (Wildman–Crippen LogP) is 3.54. The van der Waals surface area contributed by atoms with E-state index in [4.69, 9.17) is 4.74 Å². The van der Waals surface area contributed by atoms with Crippen molar-refractivity contribution in [2.45, 2.75) is 32.9 Å². The standard InChI is InChI=1S/C22H21NO5/c1-22(2,3)28-19(25)11-9-14-8-10-16(24)12-18(14)21(27)23-13-15-6-4-5-7-17(15)20(23)26/h4-12,24H,13H2,1-3H3. The second-order valence-electron chi connectivity index (χ2n) is 7.49. The summed E-state index contributed by atoms with van der Waals surface area (Å²) in [5, 5.41) is 9.83. The van der Waals surface area contributed by atoms with Crippen molar-refractivity contribution in [1.82, 2.24) is 4.90 Å². The van der Waals surface area contributed by atoms with Gasteiger partial charge in [0, 0.05) is 11.6 Å². The molecule has 0 saturated heterocycles. The van der Waals surface area contributed by atoms with Crippen LogP contribution in [0.25, 0.3) is 6.08 Å². The van der Waals surface area contributed by atoms with E-state index >= 15 is 0 Å². The van der Waals surface area contributed by atoms with Crippen molar-refractivity contribution in [2.75, 3.05) is 0 Å². The summed E-state index contributed by atoms with van der Waals surface area (Å²) in [5.74, 6) is -1.59. The van der Waals surface area contributed by atoms with E-state index in [2.05, 4.69) is 0 Å². The average Bonchev–Trinajstić information content (AvgIpc) is 2.96. The molecule has 2 aromatic carbocycles. The quantitative estimate of drug-likeness (QED) is 0.501. The lowest BCUT2D eigenvalue weighted by Gasteiger charge is -2.18. The summed E-state index contributed by atoms with van der Waals surface area (Å²) in [6.07, 6.45) is 2.66. The van der Waals surface area contributed by atoms with Gasteiger partial charge in [0.2, 0.25) is 0 Å². The fourth-order valence-corrected chi connectivity index (χ4v) is 2.93. The van der Waals surface area contributed by atoms with Gasteiger partial charge in [0.25, 0.3) is 11.8 Å². The van der Waals surface area contributed by atoms with Crippen molar-refractivity contribution >= 4 is 23.9 Å². The van der Waals surface area contributed by atoms with Crippen molar-refractivity contribution in [1.29, 1.82) is 0 Å². The number of imide groups is 1. The molecule has 6 heteroatoms. The second kappa shape index (κ2) is 7.31. The highest BCUT2D eigenvalue weighted by Crippen LogP contribution is 2.27. The van der Waals surface area contributed by atoms with Crippen LogP contribution in [-0.2, 0) is 16.1 Å². The Kier molecular flexibility index (Phi) is 5.05. The zero-order chi connectivity index (χ0) is 20.5. The Balaban J connectivity index is 1.88. The molecule has 6 nitrogen and oxygen atoms in total. The molecular formula is C22H21NO5. The third-order valence-corrected chi connectivity index (χ3v) is 4.14. The summed E-state index contributed by atoms with van der Waals surface area (Å²) in [6, 6.07) is 11.2. The molecule has 1 aliphatic rings. The van der Waals surface area contributed by atoms with Gasteiger partial charge >= 0.3 is 5.97 Å². The molecule has 0 atom stereocenters. The Morgan fingerprint density at radius 3 is 2.54 bits per heavy atom. The first kappa shape index (κ1) is 19.4. The number of amides is 2. The molecule has 1 heterocycles. The molecule has 0 aromatic heterocycles. The molecule has 0 spiro atoms. The first-order valence-corrected chi connectivity index (χ1v) is 8.84. The molecule has 28 heavy (non-hydrogen) atoms. The number of carbonyl (C=O) groups is 3. The highest BCUT2D eigenvalue weighted by atomic mass is 16.6. The minimum atomic E-state index is -0.636. The molecule has 0 aliphatic carbocycles. The normalized spacial score (nSPS) is 13.7. The van der Waals surface area contributed by atoms with Gasteiger partial charge in [-0.25, -0.2) is 4.79 Å². The lowest BCUT2D eigenvalue weighted by molar-refractivity contribution is -0.148. The fraction of sp³-hybridized carbons (Fsp3) is 0.227. The van der Waals surface area contributed by atoms with E-state index < -0.39 is 17.5 Å². The number of phenols is 1. The monoisotopic (exact) mass is 379 g/mol. The fourth-order valence-electron chi connectivity index (χ4n) is 2.93. The summed E-state index contributed by atoms with van der Waals surface area (Å²) >= 11 is 0. The van der Waals surface area contributed by atoms with Gasteiger partial charge in [0.1, 0.15) is 11.4 Å². The van der Waals surface area contributed by atoms with Gasteiger partial charge in [0.15, 0.2) is 0 Å². The van der Waals surface area contributed by atoms with Gasteiger partial charge in [0.05, 0.1) is 12.1 Å². The minimum Gasteiger partial charge on any atom is -0.508 e. The Bertz CT molecular complexity index is 985. The van der Waals surface area contributed by atoms with Gasteiger partial charge in [-0.15, -0.1) is 0 Å². The van der Waals surface area contributed by atoms with Crippen LogP contribution in [0.1, 0.15) is 52.6 Å². The maximum Gasteiger partial charge on any atom is 0.331 e. The third-order valence-electron chi connectivity index (χ3n) is 4.14. The van der Waals surface area contributed by atoms with E-state index in [0.29, 0.717) is 11.1 Å². The number of ether oxygens (including phenoxy) is 1. The van der Waals surface area contributed by atoms with Crippen LogP contribution in [0.5, 0.6) is 5.75 Å². The van der Waals surface area contributed by atoms with Gasteiger partial charge in [-0.05, 0) is 56.2 Å². The number of fused-ring (bicyclic) bond motifs is 1. The zero-order valence-electron chi connectivity index (χ0n) is 15.9. The van der Waals surface area contributed by atoms with Gasteiger partial charge in [-0.2, -0.15) is 0 Å². The van der Waals surface area contributed by atoms with E-state index in [0.717, 1.165) is 10.5 Å². The van der Waals surface area contributed by atoms with Crippen LogP contribution < -0.4 is 0 Å².